The smallest absolute Gasteiger partial charge is 0.132 e. The minimum absolute atomic E-state index is 0.274. The first-order chi connectivity index (χ1) is 10.2. The van der Waals surface area contributed by atoms with Gasteiger partial charge in [0.25, 0.3) is 0 Å². The van der Waals surface area contributed by atoms with Gasteiger partial charge in [0.2, 0.25) is 0 Å². The van der Waals surface area contributed by atoms with E-state index in [1.807, 2.05) is 6.07 Å². The maximum atomic E-state index is 7.41. The van der Waals surface area contributed by atoms with Crippen LogP contribution >= 0.6 is 9.41 Å². The van der Waals surface area contributed by atoms with E-state index in [4.69, 9.17) is 5.80 Å². The molecule has 0 amide bonds. The number of hydrogen-bond acceptors (Lipinski definition) is 2. The molecule has 0 radical (unpaired) electrons. The Morgan fingerprint density at radius 3 is 2.80 bits per heavy atom. The van der Waals surface area contributed by atoms with Crippen LogP contribution in [0.4, 0.5) is 5.69 Å². The van der Waals surface area contributed by atoms with Crippen LogP contribution in [0.25, 0.3) is 10.8 Å². The monoisotopic (exact) mass is 288 g/mol. The molecule has 2 atom stereocenters. The fraction of sp³-hybridized carbons (Fsp3) is 0.412. The maximum absolute atomic E-state index is 7.41. The zero-order chi connectivity index (χ0) is 15.0. The van der Waals surface area contributed by atoms with E-state index in [0.29, 0.717) is 12.0 Å². The summed E-state index contributed by atoms with van der Waals surface area (Å²) in [4.78, 5) is 2.47. The summed E-state index contributed by atoms with van der Waals surface area (Å²) in [5, 5.41) is 2.43. The Balaban J connectivity index is 2.28. The Labute approximate surface area is 124 Å². The molecule has 2 nitrogen and oxygen atoms in total. The number of fused-ring (bicyclic) bond motifs is 3. The lowest BCUT2D eigenvalue weighted by atomic mass is 9.93. The highest BCUT2D eigenvalue weighted by Gasteiger charge is 2.31. The second-order valence-corrected chi connectivity index (χ2v) is 6.01. The Kier molecular flexibility index (Phi) is 3.28. The molecule has 2 aromatic rings. The zero-order valence-corrected chi connectivity index (χ0v) is 13.3. The summed E-state index contributed by atoms with van der Waals surface area (Å²) in [5.74, 6) is 1.43. The van der Waals surface area contributed by atoms with Crippen LogP contribution in [0.5, 0.6) is 5.75 Å². The van der Waals surface area contributed by atoms with Crippen molar-refractivity contribution in [3.8, 4) is 5.75 Å². The first-order valence-electron chi connectivity index (χ1n) is 7.83. The highest BCUT2D eigenvalue weighted by atomic mass is 31.0. The number of nitrogens with zero attached hydrogens (tertiary/aromatic N) is 1. The first-order valence-corrected chi connectivity index (χ1v) is 7.74. The molecule has 3 rings (SSSR count). The molecule has 0 saturated heterocycles. The summed E-state index contributed by atoms with van der Waals surface area (Å²) in [6.45, 7) is 7.83. The van der Waals surface area contributed by atoms with Gasteiger partial charge in [0.1, 0.15) is 5.75 Å². The third kappa shape index (κ3) is 1.98. The Bertz CT molecular complexity index is 659. The van der Waals surface area contributed by atoms with Gasteiger partial charge in [-0.15, -0.1) is 0 Å². The summed E-state index contributed by atoms with van der Waals surface area (Å²) < 4.78 is 13.0. The molecule has 0 aromatic heterocycles. The molecule has 0 aliphatic carbocycles. The highest BCUT2D eigenvalue weighted by molar-refractivity contribution is 7.10. The van der Waals surface area contributed by atoms with E-state index in [2.05, 4.69) is 49.9 Å². The summed E-state index contributed by atoms with van der Waals surface area (Å²) >= 11 is 0. The average molecular weight is 288 g/mol. The average Bonchev–Trinajstić information content (AvgIpc) is 2.86. The Morgan fingerprint density at radius 1 is 1.40 bits per heavy atom. The van der Waals surface area contributed by atoms with Gasteiger partial charge >= 0.3 is 0 Å². The van der Waals surface area contributed by atoms with Gasteiger partial charge in [0.05, 0.1) is 10.7 Å². The van der Waals surface area contributed by atoms with Crippen LogP contribution in [0.1, 0.15) is 38.7 Å². The van der Waals surface area contributed by atoms with Crippen LogP contribution in [-0.4, -0.2) is 13.9 Å². The third-order valence-corrected chi connectivity index (χ3v) is 4.61. The lowest BCUT2D eigenvalue weighted by Gasteiger charge is -2.25. The van der Waals surface area contributed by atoms with E-state index in [0.717, 1.165) is 24.1 Å². The van der Waals surface area contributed by atoms with Crippen molar-refractivity contribution in [1.82, 2.24) is 0 Å². The summed E-state index contributed by atoms with van der Waals surface area (Å²) in [7, 11) is -0.274. The zero-order valence-electron chi connectivity index (χ0n) is 13.3. The Morgan fingerprint density at radius 2 is 2.15 bits per heavy atom. The van der Waals surface area contributed by atoms with Gasteiger partial charge in [-0.05, 0) is 31.2 Å². The van der Waals surface area contributed by atoms with Crippen molar-refractivity contribution in [2.75, 3.05) is 11.4 Å². The van der Waals surface area contributed by atoms with E-state index in [1.54, 1.807) is 0 Å². The molecule has 0 fully saturated rings. The van der Waals surface area contributed by atoms with E-state index < -0.39 is 0 Å². The summed E-state index contributed by atoms with van der Waals surface area (Å²) in [6, 6.07) is 11.1. The van der Waals surface area contributed by atoms with Crippen LogP contribution in [0.2, 0.25) is 0 Å². The highest BCUT2D eigenvalue weighted by Crippen LogP contribution is 2.46. The summed E-state index contributed by atoms with van der Waals surface area (Å²) in [5.41, 5.74) is 2.76. The molecule has 106 valence electrons. The molecule has 1 aliphatic heterocycles. The van der Waals surface area contributed by atoms with Crippen molar-refractivity contribution < 1.29 is 4.52 Å². The van der Waals surface area contributed by atoms with E-state index in [1.165, 1.54) is 16.6 Å². The first kappa shape index (κ1) is 12.5. The second kappa shape index (κ2) is 5.26. The van der Waals surface area contributed by atoms with Crippen LogP contribution in [0.3, 0.4) is 0 Å². The molecule has 1 unspecified atom stereocenters. The van der Waals surface area contributed by atoms with Gasteiger partial charge in [0.15, 0.2) is 0 Å². The molecular weight excluding hydrogens is 265 g/mol. The molecule has 0 spiro atoms. The van der Waals surface area contributed by atoms with Crippen LogP contribution in [0, 0.1) is 0 Å². The molecule has 1 heterocycles. The number of rotatable bonds is 4. The molecule has 0 N–H and O–H groups in total. The molecule has 1 aliphatic rings. The normalized spacial score (nSPS) is 19.1. The third-order valence-electron chi connectivity index (χ3n) is 4.39. The van der Waals surface area contributed by atoms with Crippen LogP contribution < -0.4 is 9.42 Å². The largest absolute Gasteiger partial charge is 0.480 e. The number of benzene rings is 2. The van der Waals surface area contributed by atoms with Crippen molar-refractivity contribution in [1.29, 1.82) is 1.28 Å². The van der Waals surface area contributed by atoms with Crippen molar-refractivity contribution in [3.63, 3.8) is 0 Å². The molecule has 0 bridgehead atoms. The van der Waals surface area contributed by atoms with Gasteiger partial charge in [-0.1, -0.05) is 31.2 Å². The van der Waals surface area contributed by atoms with Crippen molar-refractivity contribution in [2.45, 2.75) is 39.2 Å². The quantitative estimate of drug-likeness (QED) is 0.754. The predicted molar refractivity (Wildman–Crippen MR) is 89.8 cm³/mol. The topological polar surface area (TPSA) is 12.5 Å². The number of hydrogen-bond donors (Lipinski definition) is 0. The molecule has 2 aromatic carbocycles. The van der Waals surface area contributed by atoms with E-state index >= 15 is 0 Å². The van der Waals surface area contributed by atoms with Crippen molar-refractivity contribution in [3.05, 3.63) is 35.9 Å². The van der Waals surface area contributed by atoms with Crippen molar-refractivity contribution in [2.24, 2.45) is 0 Å². The lowest BCUT2D eigenvalue weighted by Crippen LogP contribution is -2.29. The molecular formula is C17H22NOP. The van der Waals surface area contributed by atoms with Gasteiger partial charge in [-0.25, -0.2) is 0 Å². The maximum Gasteiger partial charge on any atom is 0.132 e. The van der Waals surface area contributed by atoms with E-state index in [9.17, 15) is 0 Å². The standard InChI is InChI=1S/C17H22NOP/c1-4-12-10-18(11(2)3)15-9-16(19-20)13-7-5-6-8-14(13)17(12)15/h5-9,11-12H,4,10,20H2,1-3H3/t12-/m1/s1/i20D/t12-,20?. The van der Waals surface area contributed by atoms with Gasteiger partial charge in [0, 0.05) is 35.6 Å². The van der Waals surface area contributed by atoms with Gasteiger partial charge in [-0.2, -0.15) is 0 Å². The Hall–Kier alpha value is -1.27. The van der Waals surface area contributed by atoms with Crippen LogP contribution in [0.15, 0.2) is 30.3 Å². The van der Waals surface area contributed by atoms with Gasteiger partial charge < -0.3 is 9.42 Å². The van der Waals surface area contributed by atoms with E-state index in [-0.39, 0.29) is 9.41 Å². The minimum atomic E-state index is -0.274. The lowest BCUT2D eigenvalue weighted by molar-refractivity contribution is 0.630. The predicted octanol–water partition coefficient (Wildman–Crippen LogP) is 4.73. The second-order valence-electron chi connectivity index (χ2n) is 5.81. The number of anilines is 1. The van der Waals surface area contributed by atoms with Gasteiger partial charge in [-0.3, -0.25) is 0 Å². The minimum Gasteiger partial charge on any atom is -0.480 e. The molecule has 3 heteroatoms. The molecule has 20 heavy (non-hydrogen) atoms. The van der Waals surface area contributed by atoms with Crippen LogP contribution in [-0.2, 0) is 0 Å². The van der Waals surface area contributed by atoms with Crippen molar-refractivity contribution >= 4 is 25.9 Å². The fourth-order valence-corrected chi connectivity index (χ4v) is 3.52. The molecule has 0 saturated carbocycles. The SMILES string of the molecule is [2H]POc1cc2c(c3ccccc13)[C@H](CC)CN2C(C)C. The summed E-state index contributed by atoms with van der Waals surface area (Å²) in [6.07, 6.45) is 1.15. The fourth-order valence-electron chi connectivity index (χ4n) is 3.35.